The number of anilines is 3. The van der Waals surface area contributed by atoms with Crippen LogP contribution in [0, 0.1) is 0 Å². The molecule has 0 N–H and O–H groups in total. The van der Waals surface area contributed by atoms with Gasteiger partial charge < -0.3 is 9.32 Å². The molecule has 280 valence electrons. The molecule has 12 aromatic rings. The highest BCUT2D eigenvalue weighted by Gasteiger charge is 2.21. The summed E-state index contributed by atoms with van der Waals surface area (Å²) in [5.41, 5.74) is 11.9. The summed E-state index contributed by atoms with van der Waals surface area (Å²) < 4.78 is 6.89. The Bertz CT molecular complexity index is 3600. The molecule has 0 radical (unpaired) electrons. The molecule has 0 saturated heterocycles. The third-order valence-corrected chi connectivity index (χ3v) is 12.2. The maximum Gasteiger partial charge on any atom is 0.143 e. The van der Waals surface area contributed by atoms with E-state index in [0.717, 1.165) is 55.5 Å². The molecule has 0 fully saturated rings. The highest BCUT2D eigenvalue weighted by atomic mass is 16.3. The van der Waals surface area contributed by atoms with Gasteiger partial charge in [-0.1, -0.05) is 176 Å². The maximum atomic E-state index is 6.89. The van der Waals surface area contributed by atoms with Crippen molar-refractivity contribution in [3.8, 4) is 33.4 Å². The van der Waals surface area contributed by atoms with Crippen molar-refractivity contribution in [1.29, 1.82) is 0 Å². The van der Waals surface area contributed by atoms with Crippen LogP contribution in [0.15, 0.2) is 229 Å². The number of rotatable bonds is 6. The van der Waals surface area contributed by atoms with Crippen LogP contribution in [0.2, 0.25) is 0 Å². The Morgan fingerprint density at radius 1 is 0.267 bits per heavy atom. The molecule has 11 aromatic carbocycles. The molecule has 2 heteroatoms. The van der Waals surface area contributed by atoms with Gasteiger partial charge in [-0.05, 0) is 108 Å². The van der Waals surface area contributed by atoms with Gasteiger partial charge in [0.15, 0.2) is 0 Å². The fourth-order valence-electron chi connectivity index (χ4n) is 9.23. The van der Waals surface area contributed by atoms with E-state index in [1.54, 1.807) is 0 Å². The molecule has 1 heterocycles. The minimum atomic E-state index is 0.891. The molecule has 0 atom stereocenters. The van der Waals surface area contributed by atoms with Gasteiger partial charge in [0.25, 0.3) is 0 Å². The van der Waals surface area contributed by atoms with Gasteiger partial charge >= 0.3 is 0 Å². The second-order valence-electron chi connectivity index (χ2n) is 15.7. The highest BCUT2D eigenvalue weighted by molar-refractivity contribution is 6.18. The average Bonchev–Trinajstić information content (AvgIpc) is 3.72. The molecule has 12 rings (SSSR count). The Hall–Kier alpha value is -7.94. The fourth-order valence-corrected chi connectivity index (χ4v) is 9.23. The third kappa shape index (κ3) is 5.65. The van der Waals surface area contributed by atoms with Crippen LogP contribution in [0.5, 0.6) is 0 Å². The van der Waals surface area contributed by atoms with Crippen molar-refractivity contribution in [2.24, 2.45) is 0 Å². The molecule has 2 nitrogen and oxygen atoms in total. The van der Waals surface area contributed by atoms with Gasteiger partial charge in [-0.3, -0.25) is 0 Å². The summed E-state index contributed by atoms with van der Waals surface area (Å²) in [6.07, 6.45) is 0. The van der Waals surface area contributed by atoms with E-state index in [2.05, 4.69) is 229 Å². The van der Waals surface area contributed by atoms with Crippen molar-refractivity contribution in [3.05, 3.63) is 224 Å². The molecular weight excluding hydrogens is 727 g/mol. The Kier molecular flexibility index (Phi) is 7.89. The van der Waals surface area contributed by atoms with Gasteiger partial charge in [-0.2, -0.15) is 0 Å². The lowest BCUT2D eigenvalue weighted by molar-refractivity contribution is 0.674. The minimum Gasteiger partial charge on any atom is -0.455 e. The summed E-state index contributed by atoms with van der Waals surface area (Å²) in [5, 5.41) is 12.1. The first-order valence-electron chi connectivity index (χ1n) is 20.6. The average molecular weight is 764 g/mol. The van der Waals surface area contributed by atoms with Crippen LogP contribution in [0.1, 0.15) is 0 Å². The first-order valence-corrected chi connectivity index (χ1v) is 20.6. The number of hydrogen-bond acceptors (Lipinski definition) is 2. The van der Waals surface area contributed by atoms with E-state index in [4.69, 9.17) is 4.42 Å². The van der Waals surface area contributed by atoms with E-state index in [-0.39, 0.29) is 0 Å². The summed E-state index contributed by atoms with van der Waals surface area (Å²) in [4.78, 5) is 2.38. The van der Waals surface area contributed by atoms with E-state index in [1.807, 2.05) is 0 Å². The van der Waals surface area contributed by atoms with Crippen LogP contribution in [-0.2, 0) is 0 Å². The van der Waals surface area contributed by atoms with Gasteiger partial charge in [0, 0.05) is 38.7 Å². The first-order chi connectivity index (χ1) is 29.7. The lowest BCUT2D eigenvalue weighted by Crippen LogP contribution is -2.11. The van der Waals surface area contributed by atoms with Crippen LogP contribution in [0.4, 0.5) is 17.1 Å². The standard InChI is InChI=1S/C58H37NO/c1-2-13-43-36-44(22-20-38(43)10-1)39-24-30-47(31-25-39)59(48-32-26-40(27-33-48)45-29-34-50-46(37-45)23-21-41-11-3-5-14-49(41)50)56-19-8-7-16-52(56)53-17-9-18-54-55-35-28-42-12-4-6-15-51(42)57(55)60-58(53)54/h1-37H. The number of hydrogen-bond donors (Lipinski definition) is 0. The van der Waals surface area contributed by atoms with E-state index >= 15 is 0 Å². The second-order valence-corrected chi connectivity index (χ2v) is 15.7. The molecule has 0 aliphatic rings. The zero-order valence-corrected chi connectivity index (χ0v) is 32.7. The van der Waals surface area contributed by atoms with E-state index in [9.17, 15) is 0 Å². The minimum absolute atomic E-state index is 0.891. The van der Waals surface area contributed by atoms with Crippen molar-refractivity contribution in [2.45, 2.75) is 0 Å². The van der Waals surface area contributed by atoms with Crippen LogP contribution < -0.4 is 4.90 Å². The van der Waals surface area contributed by atoms with Gasteiger partial charge in [0.1, 0.15) is 11.2 Å². The largest absolute Gasteiger partial charge is 0.455 e. The van der Waals surface area contributed by atoms with Crippen LogP contribution in [-0.4, -0.2) is 0 Å². The third-order valence-electron chi connectivity index (χ3n) is 12.2. The van der Waals surface area contributed by atoms with Crippen molar-refractivity contribution < 1.29 is 4.42 Å². The van der Waals surface area contributed by atoms with E-state index < -0.39 is 0 Å². The van der Waals surface area contributed by atoms with Crippen LogP contribution >= 0.6 is 0 Å². The summed E-state index contributed by atoms with van der Waals surface area (Å²) in [5.74, 6) is 0. The predicted octanol–water partition coefficient (Wildman–Crippen LogP) is 16.7. The van der Waals surface area contributed by atoms with Gasteiger partial charge in [0.05, 0.1) is 5.69 Å². The predicted molar refractivity (Wildman–Crippen MR) is 255 cm³/mol. The summed E-state index contributed by atoms with van der Waals surface area (Å²) in [7, 11) is 0. The van der Waals surface area contributed by atoms with Crippen LogP contribution in [0.25, 0.3) is 98.4 Å². The Morgan fingerprint density at radius 2 is 0.733 bits per heavy atom. The van der Waals surface area contributed by atoms with Gasteiger partial charge in [-0.25, -0.2) is 0 Å². The monoisotopic (exact) mass is 763 g/mol. The number of fused-ring (bicyclic) bond motifs is 9. The topological polar surface area (TPSA) is 16.4 Å². The van der Waals surface area contributed by atoms with E-state index in [1.165, 1.54) is 60.0 Å². The zero-order valence-electron chi connectivity index (χ0n) is 32.7. The van der Waals surface area contributed by atoms with Crippen molar-refractivity contribution in [2.75, 3.05) is 4.90 Å². The van der Waals surface area contributed by atoms with E-state index in [0.29, 0.717) is 0 Å². The van der Waals surface area contributed by atoms with Crippen molar-refractivity contribution >= 4 is 82.1 Å². The molecule has 0 aliphatic carbocycles. The lowest BCUT2D eigenvalue weighted by Gasteiger charge is -2.28. The molecule has 0 amide bonds. The van der Waals surface area contributed by atoms with Gasteiger partial charge in [0.2, 0.25) is 0 Å². The summed E-state index contributed by atoms with van der Waals surface area (Å²) in [6.45, 7) is 0. The molecule has 0 saturated carbocycles. The molecule has 60 heavy (non-hydrogen) atoms. The van der Waals surface area contributed by atoms with Crippen molar-refractivity contribution in [1.82, 2.24) is 0 Å². The normalized spacial score (nSPS) is 11.7. The Balaban J connectivity index is 0.999. The molecular formula is C58H37NO. The molecule has 0 spiro atoms. The van der Waals surface area contributed by atoms with Gasteiger partial charge in [-0.15, -0.1) is 0 Å². The SMILES string of the molecule is c1ccc(N(c2ccc(-c3ccc4ccccc4c3)cc2)c2ccc(-c3ccc4c(ccc5ccccc54)c3)cc2)c(-c2cccc3c2oc2c4ccccc4ccc32)c1. The molecule has 1 aromatic heterocycles. The molecule has 0 bridgehead atoms. The number of nitrogens with zero attached hydrogens (tertiary/aromatic N) is 1. The Labute approximate surface area is 347 Å². The second kappa shape index (κ2) is 13.9. The summed E-state index contributed by atoms with van der Waals surface area (Å²) >= 11 is 0. The lowest BCUT2D eigenvalue weighted by atomic mass is 9.97. The highest BCUT2D eigenvalue weighted by Crippen LogP contribution is 2.46. The zero-order chi connectivity index (χ0) is 39.6. The number of para-hydroxylation sites is 2. The number of benzene rings is 11. The van der Waals surface area contributed by atoms with Crippen LogP contribution in [0.3, 0.4) is 0 Å². The Morgan fingerprint density at radius 3 is 1.50 bits per heavy atom. The quantitative estimate of drug-likeness (QED) is 0.157. The maximum absolute atomic E-state index is 6.89. The molecule has 0 aliphatic heterocycles. The molecule has 0 unspecified atom stereocenters. The summed E-state index contributed by atoms with van der Waals surface area (Å²) in [6, 6.07) is 81.2. The number of furan rings is 1. The smallest absolute Gasteiger partial charge is 0.143 e. The first kappa shape index (κ1) is 34.1. The fraction of sp³-hybridized carbons (Fsp3) is 0. The van der Waals surface area contributed by atoms with Crippen molar-refractivity contribution in [3.63, 3.8) is 0 Å².